The number of oxime groups is 1. The Morgan fingerprint density at radius 3 is 2.35 bits per heavy atom. The van der Waals surface area contributed by atoms with Crippen LogP contribution in [0.4, 0.5) is 0 Å². The first-order valence-corrected chi connectivity index (χ1v) is 10.6. The molecule has 0 atom stereocenters. The lowest BCUT2D eigenvalue weighted by Crippen LogP contribution is -2.08. The Balaban J connectivity index is 1.95. The average molecular weight is 450 g/mol. The van der Waals surface area contributed by atoms with Crippen LogP contribution in [-0.2, 0) is 17.6 Å². The van der Waals surface area contributed by atoms with Gasteiger partial charge in [-0.05, 0) is 42.7 Å². The van der Waals surface area contributed by atoms with Crippen molar-refractivity contribution in [1.82, 2.24) is 0 Å². The lowest BCUT2D eigenvalue weighted by Gasteiger charge is -2.16. The highest BCUT2D eigenvalue weighted by molar-refractivity contribution is 6.32. The summed E-state index contributed by atoms with van der Waals surface area (Å²) >= 11 is 6.15. The van der Waals surface area contributed by atoms with Gasteiger partial charge in [0.25, 0.3) is 0 Å². The second kappa shape index (κ2) is 12.1. The van der Waals surface area contributed by atoms with E-state index < -0.39 is 5.97 Å². The number of rotatable bonds is 12. The zero-order valence-electron chi connectivity index (χ0n) is 17.7. The molecule has 3 N–H and O–H groups in total. The first-order chi connectivity index (χ1) is 14.9. The Bertz CT molecular complexity index is 929. The van der Waals surface area contributed by atoms with Gasteiger partial charge in [-0.2, -0.15) is 0 Å². The quantitative estimate of drug-likeness (QED) is 0.181. The molecule has 31 heavy (non-hydrogen) atoms. The third kappa shape index (κ3) is 6.79. The van der Waals surface area contributed by atoms with E-state index in [1.807, 2.05) is 13.8 Å². The summed E-state index contributed by atoms with van der Waals surface area (Å²) in [5.74, 6) is 0.240. The van der Waals surface area contributed by atoms with Crippen LogP contribution in [0, 0.1) is 0 Å². The number of halogens is 1. The molecule has 0 amide bonds. The average Bonchev–Trinajstić information content (AvgIpc) is 2.73. The molecule has 0 heterocycles. The summed E-state index contributed by atoms with van der Waals surface area (Å²) in [6, 6.07) is 8.39. The van der Waals surface area contributed by atoms with Crippen LogP contribution in [0.5, 0.6) is 17.2 Å². The van der Waals surface area contributed by atoms with Crippen molar-refractivity contribution in [2.45, 2.75) is 46.0 Å². The Hall–Kier alpha value is -2.93. The molecule has 0 aliphatic heterocycles. The summed E-state index contributed by atoms with van der Waals surface area (Å²) in [6.45, 7) is 4.60. The van der Waals surface area contributed by atoms with Crippen molar-refractivity contribution in [3.8, 4) is 17.2 Å². The van der Waals surface area contributed by atoms with Crippen molar-refractivity contribution in [1.29, 1.82) is 0 Å². The van der Waals surface area contributed by atoms with E-state index >= 15 is 0 Å². The zero-order valence-corrected chi connectivity index (χ0v) is 18.5. The maximum Gasteiger partial charge on any atom is 0.307 e. The molecule has 0 saturated heterocycles. The highest BCUT2D eigenvalue weighted by Crippen LogP contribution is 2.33. The molecule has 2 rings (SSSR count). The van der Waals surface area contributed by atoms with Gasteiger partial charge in [0.15, 0.2) is 0 Å². The molecular formula is C23H28ClNO6. The number of aliphatic carboxylic acids is 1. The van der Waals surface area contributed by atoms with Gasteiger partial charge in [-0.15, -0.1) is 0 Å². The van der Waals surface area contributed by atoms with Gasteiger partial charge in [0.05, 0.1) is 30.4 Å². The number of aromatic hydroxyl groups is 1. The molecule has 0 aromatic heterocycles. The molecule has 168 valence electrons. The first-order valence-electron chi connectivity index (χ1n) is 10.2. The van der Waals surface area contributed by atoms with Crippen molar-refractivity contribution >= 4 is 23.3 Å². The van der Waals surface area contributed by atoms with Crippen molar-refractivity contribution in [3.05, 3.63) is 52.0 Å². The molecular weight excluding hydrogens is 422 g/mol. The Labute approximate surface area is 186 Å². The maximum absolute atomic E-state index is 10.8. The van der Waals surface area contributed by atoms with E-state index in [1.54, 1.807) is 30.3 Å². The normalized spacial score (nSPS) is 11.4. The van der Waals surface area contributed by atoms with Gasteiger partial charge in [-0.1, -0.05) is 43.1 Å². The van der Waals surface area contributed by atoms with Crippen molar-refractivity contribution < 1.29 is 29.7 Å². The first kappa shape index (κ1) is 24.3. The molecule has 8 heteroatoms. The van der Waals surface area contributed by atoms with E-state index in [-0.39, 0.29) is 12.2 Å². The zero-order chi connectivity index (χ0) is 22.8. The summed E-state index contributed by atoms with van der Waals surface area (Å²) in [4.78, 5) is 10.8. The van der Waals surface area contributed by atoms with Gasteiger partial charge in [0, 0.05) is 17.5 Å². The number of ether oxygens (including phenoxy) is 2. The van der Waals surface area contributed by atoms with Crippen molar-refractivity contribution in [3.63, 3.8) is 0 Å². The molecule has 0 saturated carbocycles. The predicted octanol–water partition coefficient (Wildman–Crippen LogP) is 5.06. The maximum atomic E-state index is 10.8. The van der Waals surface area contributed by atoms with Gasteiger partial charge in [-0.3, -0.25) is 4.79 Å². The highest BCUT2D eigenvalue weighted by Gasteiger charge is 2.16. The fourth-order valence-electron chi connectivity index (χ4n) is 3.16. The Kier molecular flexibility index (Phi) is 9.46. The van der Waals surface area contributed by atoms with Crippen molar-refractivity contribution in [2.24, 2.45) is 5.16 Å². The van der Waals surface area contributed by atoms with E-state index in [9.17, 15) is 9.90 Å². The Morgan fingerprint density at radius 2 is 1.77 bits per heavy atom. The lowest BCUT2D eigenvalue weighted by atomic mass is 9.99. The van der Waals surface area contributed by atoms with Gasteiger partial charge in [0.2, 0.25) is 0 Å². The molecule has 0 spiro atoms. The number of phenolic OH excluding ortho intramolecular Hbond substituents is 1. The van der Waals surface area contributed by atoms with Gasteiger partial charge < -0.3 is 24.9 Å². The minimum absolute atomic E-state index is 0.0819. The van der Waals surface area contributed by atoms with E-state index in [1.165, 1.54) is 0 Å². The summed E-state index contributed by atoms with van der Waals surface area (Å²) in [5, 5.41) is 32.3. The van der Waals surface area contributed by atoms with Crippen LogP contribution in [0.1, 0.15) is 49.8 Å². The molecule has 0 aliphatic rings. The fourth-order valence-corrected chi connectivity index (χ4v) is 3.42. The van der Waals surface area contributed by atoms with Crippen LogP contribution in [-0.4, -0.2) is 40.3 Å². The summed E-state index contributed by atoms with van der Waals surface area (Å²) in [7, 11) is 0. The number of carbonyl (C=O) groups is 1. The van der Waals surface area contributed by atoms with E-state index in [0.29, 0.717) is 71.4 Å². The molecule has 0 bridgehead atoms. The van der Waals surface area contributed by atoms with Gasteiger partial charge >= 0.3 is 5.97 Å². The molecule has 2 aromatic carbocycles. The third-order valence-corrected chi connectivity index (χ3v) is 4.96. The smallest absolute Gasteiger partial charge is 0.307 e. The van der Waals surface area contributed by atoms with Gasteiger partial charge in [-0.25, -0.2) is 0 Å². The van der Waals surface area contributed by atoms with Crippen molar-refractivity contribution in [2.75, 3.05) is 13.2 Å². The molecule has 7 nitrogen and oxygen atoms in total. The minimum Gasteiger partial charge on any atom is -0.507 e. The molecule has 0 aliphatic carbocycles. The molecule has 0 fully saturated rings. The number of carboxylic acids is 1. The molecule has 0 unspecified atom stereocenters. The lowest BCUT2D eigenvalue weighted by molar-refractivity contribution is -0.136. The number of phenols is 1. The van der Waals surface area contributed by atoms with Crippen LogP contribution in [0.3, 0.4) is 0 Å². The van der Waals surface area contributed by atoms with E-state index in [0.717, 1.165) is 6.42 Å². The number of carboxylic acid groups (broad SMARTS) is 1. The predicted molar refractivity (Wildman–Crippen MR) is 119 cm³/mol. The Morgan fingerprint density at radius 1 is 1.10 bits per heavy atom. The standard InChI is InChI=1S/C23H28ClNO6/c1-3-6-17-20(10-8-16(23(17)28)19(4-2)25-29)30-11-5-12-31-21-9-7-15(13-18(21)24)14-22(26)27/h7-10,13,28-29H,3-6,11-12,14H2,1-2H3,(H,26,27)/b25-19+. The summed E-state index contributed by atoms with van der Waals surface area (Å²) < 4.78 is 11.5. The topological polar surface area (TPSA) is 109 Å². The second-order valence-electron chi connectivity index (χ2n) is 6.97. The number of benzene rings is 2. The molecule has 0 radical (unpaired) electrons. The van der Waals surface area contributed by atoms with Gasteiger partial charge in [0.1, 0.15) is 17.2 Å². The number of hydrogen-bond donors (Lipinski definition) is 3. The molecule has 2 aromatic rings. The van der Waals surface area contributed by atoms with Crippen LogP contribution < -0.4 is 9.47 Å². The number of nitrogens with zero attached hydrogens (tertiary/aromatic N) is 1. The van der Waals surface area contributed by atoms with Crippen LogP contribution in [0.2, 0.25) is 5.02 Å². The SMILES string of the molecule is CCCc1c(OCCCOc2ccc(CC(=O)O)cc2Cl)ccc(/C(CC)=N/O)c1O. The second-order valence-corrected chi connectivity index (χ2v) is 7.38. The highest BCUT2D eigenvalue weighted by atomic mass is 35.5. The van der Waals surface area contributed by atoms with E-state index in [4.69, 9.17) is 31.4 Å². The summed E-state index contributed by atoms with van der Waals surface area (Å²) in [6.07, 6.45) is 2.44. The van der Waals surface area contributed by atoms with Crippen LogP contribution in [0.25, 0.3) is 0 Å². The number of hydrogen-bond acceptors (Lipinski definition) is 6. The monoisotopic (exact) mass is 449 g/mol. The fraction of sp³-hybridized carbons (Fsp3) is 0.391. The van der Waals surface area contributed by atoms with Crippen LogP contribution >= 0.6 is 11.6 Å². The minimum atomic E-state index is -0.919. The third-order valence-electron chi connectivity index (χ3n) is 4.66. The largest absolute Gasteiger partial charge is 0.507 e. The summed E-state index contributed by atoms with van der Waals surface area (Å²) in [5.41, 5.74) is 2.22. The van der Waals surface area contributed by atoms with E-state index in [2.05, 4.69) is 5.16 Å². The van der Waals surface area contributed by atoms with Crippen LogP contribution in [0.15, 0.2) is 35.5 Å².